The van der Waals surface area contributed by atoms with Gasteiger partial charge in [0.15, 0.2) is 0 Å². The molecule has 0 aliphatic heterocycles. The van der Waals surface area contributed by atoms with Crippen molar-refractivity contribution < 1.29 is 9.85 Å². The Morgan fingerprint density at radius 1 is 1.00 bits per heavy atom. The van der Waals surface area contributed by atoms with E-state index in [1.54, 1.807) is 19.1 Å². The summed E-state index contributed by atoms with van der Waals surface area (Å²) in [5, 5.41) is 25.4. The minimum atomic E-state index is -0.485. The summed E-state index contributed by atoms with van der Waals surface area (Å²) in [7, 11) is 0. The van der Waals surface area contributed by atoms with Gasteiger partial charge in [0.1, 0.15) is 0 Å². The zero-order chi connectivity index (χ0) is 16.1. The van der Waals surface area contributed by atoms with Gasteiger partial charge in [-0.05, 0) is 19.1 Å². The summed E-state index contributed by atoms with van der Waals surface area (Å²) in [6, 6.07) is 11.9. The van der Waals surface area contributed by atoms with Crippen LogP contribution in [0.15, 0.2) is 53.6 Å². The van der Waals surface area contributed by atoms with Crippen LogP contribution in [0.3, 0.4) is 0 Å². The van der Waals surface area contributed by atoms with Crippen LogP contribution in [0.1, 0.15) is 12.5 Å². The molecule has 0 aromatic heterocycles. The number of rotatable bonds is 5. The number of non-ortho nitro benzene ring substituents is 2. The van der Waals surface area contributed by atoms with E-state index < -0.39 is 9.85 Å². The third-order valence-corrected chi connectivity index (χ3v) is 2.91. The number of hydrogen-bond donors (Lipinski definition) is 1. The fourth-order valence-corrected chi connectivity index (χ4v) is 1.72. The first-order valence-electron chi connectivity index (χ1n) is 6.27. The lowest BCUT2D eigenvalue weighted by Gasteiger charge is -2.03. The number of nitro benzene ring substituents is 2. The third-order valence-electron chi connectivity index (χ3n) is 2.91. The molecule has 1 N–H and O–H groups in total. The lowest BCUT2D eigenvalue weighted by molar-refractivity contribution is -0.385. The number of nitrogens with one attached hydrogen (secondary N) is 1. The number of anilines is 1. The highest BCUT2D eigenvalue weighted by molar-refractivity contribution is 5.99. The van der Waals surface area contributed by atoms with E-state index in [0.29, 0.717) is 17.0 Å². The topological polar surface area (TPSA) is 111 Å². The zero-order valence-corrected chi connectivity index (χ0v) is 11.6. The van der Waals surface area contributed by atoms with Crippen molar-refractivity contribution in [2.45, 2.75) is 6.92 Å². The van der Waals surface area contributed by atoms with Crippen LogP contribution in [-0.2, 0) is 0 Å². The van der Waals surface area contributed by atoms with Gasteiger partial charge in [0.2, 0.25) is 0 Å². The average molecular weight is 300 g/mol. The number of hydrazone groups is 1. The SMILES string of the molecule is C/C(=N/Nc1ccc([N+](=O)[O-])cc1)c1cccc([N+](=O)[O-])c1. The summed E-state index contributed by atoms with van der Waals surface area (Å²) >= 11 is 0. The minimum absolute atomic E-state index is 0.00932. The van der Waals surface area contributed by atoms with Gasteiger partial charge in [-0.3, -0.25) is 25.7 Å². The van der Waals surface area contributed by atoms with Crippen LogP contribution < -0.4 is 5.43 Å². The van der Waals surface area contributed by atoms with E-state index in [-0.39, 0.29) is 11.4 Å². The van der Waals surface area contributed by atoms with E-state index in [1.165, 1.54) is 36.4 Å². The molecule has 22 heavy (non-hydrogen) atoms. The summed E-state index contributed by atoms with van der Waals surface area (Å²) in [5.41, 5.74) is 4.48. The van der Waals surface area contributed by atoms with Crippen LogP contribution in [0.25, 0.3) is 0 Å². The number of hydrogen-bond acceptors (Lipinski definition) is 6. The van der Waals surface area contributed by atoms with Crippen LogP contribution in [0.4, 0.5) is 17.1 Å². The maximum Gasteiger partial charge on any atom is 0.270 e. The van der Waals surface area contributed by atoms with Gasteiger partial charge in [-0.1, -0.05) is 12.1 Å². The van der Waals surface area contributed by atoms with Crippen molar-refractivity contribution in [3.63, 3.8) is 0 Å². The minimum Gasteiger partial charge on any atom is -0.278 e. The van der Waals surface area contributed by atoms with Gasteiger partial charge in [-0.25, -0.2) is 0 Å². The van der Waals surface area contributed by atoms with E-state index >= 15 is 0 Å². The van der Waals surface area contributed by atoms with Crippen LogP contribution in [0.2, 0.25) is 0 Å². The Hall–Kier alpha value is -3.29. The van der Waals surface area contributed by atoms with Gasteiger partial charge in [-0.15, -0.1) is 0 Å². The number of nitrogens with zero attached hydrogens (tertiary/aromatic N) is 3. The highest BCUT2D eigenvalue weighted by Crippen LogP contribution is 2.16. The third kappa shape index (κ3) is 3.63. The quantitative estimate of drug-likeness (QED) is 0.517. The van der Waals surface area contributed by atoms with Crippen molar-refractivity contribution in [2.75, 3.05) is 5.43 Å². The molecule has 0 saturated heterocycles. The van der Waals surface area contributed by atoms with Gasteiger partial charge < -0.3 is 0 Å². The van der Waals surface area contributed by atoms with E-state index in [0.717, 1.165) is 0 Å². The van der Waals surface area contributed by atoms with E-state index in [4.69, 9.17) is 0 Å². The molecule has 2 aromatic carbocycles. The molecule has 112 valence electrons. The molecule has 8 heteroatoms. The van der Waals surface area contributed by atoms with Crippen molar-refractivity contribution in [1.82, 2.24) is 0 Å². The predicted molar refractivity (Wildman–Crippen MR) is 82.0 cm³/mol. The molecule has 2 rings (SSSR count). The van der Waals surface area contributed by atoms with Crippen LogP contribution in [0.5, 0.6) is 0 Å². The highest BCUT2D eigenvalue weighted by Gasteiger charge is 2.07. The number of benzene rings is 2. The van der Waals surface area contributed by atoms with Crippen molar-refractivity contribution in [3.05, 3.63) is 74.3 Å². The summed E-state index contributed by atoms with van der Waals surface area (Å²) in [6.07, 6.45) is 0. The van der Waals surface area contributed by atoms with Gasteiger partial charge in [-0.2, -0.15) is 5.10 Å². The van der Waals surface area contributed by atoms with Crippen molar-refractivity contribution in [3.8, 4) is 0 Å². The molecule has 0 spiro atoms. The molecule has 0 atom stereocenters. The van der Waals surface area contributed by atoms with E-state index in [2.05, 4.69) is 10.5 Å². The Bertz CT molecular complexity index is 741. The normalized spacial score (nSPS) is 11.0. The second-order valence-corrected chi connectivity index (χ2v) is 4.42. The number of nitro groups is 2. The Balaban J connectivity index is 2.14. The zero-order valence-electron chi connectivity index (χ0n) is 11.6. The molecule has 0 aliphatic rings. The Morgan fingerprint density at radius 2 is 1.64 bits per heavy atom. The van der Waals surface area contributed by atoms with Crippen LogP contribution in [0, 0.1) is 20.2 Å². The van der Waals surface area contributed by atoms with Gasteiger partial charge in [0.05, 0.1) is 21.2 Å². The van der Waals surface area contributed by atoms with Crippen LogP contribution in [-0.4, -0.2) is 15.6 Å². The van der Waals surface area contributed by atoms with Gasteiger partial charge in [0, 0.05) is 29.8 Å². The second-order valence-electron chi connectivity index (χ2n) is 4.42. The van der Waals surface area contributed by atoms with Crippen molar-refractivity contribution in [2.24, 2.45) is 5.10 Å². The maximum absolute atomic E-state index is 10.7. The molecule has 2 aromatic rings. The summed E-state index contributed by atoms with van der Waals surface area (Å²) < 4.78 is 0. The molecular weight excluding hydrogens is 288 g/mol. The Kier molecular flexibility index (Phi) is 4.42. The van der Waals surface area contributed by atoms with Crippen molar-refractivity contribution in [1.29, 1.82) is 0 Å². The monoisotopic (exact) mass is 300 g/mol. The lowest BCUT2D eigenvalue weighted by Crippen LogP contribution is -2.00. The molecule has 0 heterocycles. The molecule has 0 saturated carbocycles. The fourth-order valence-electron chi connectivity index (χ4n) is 1.72. The molecule has 0 amide bonds. The van der Waals surface area contributed by atoms with E-state index in [9.17, 15) is 20.2 Å². The summed E-state index contributed by atoms with van der Waals surface area (Å²) in [4.78, 5) is 20.3. The first-order chi connectivity index (χ1) is 10.5. The highest BCUT2D eigenvalue weighted by atomic mass is 16.6. The standard InChI is InChI=1S/C14H12N4O4/c1-10(11-3-2-4-14(9-11)18(21)22)15-16-12-5-7-13(8-6-12)17(19)20/h2-9,16H,1H3/b15-10-. The first-order valence-corrected chi connectivity index (χ1v) is 6.27. The molecule has 0 unspecified atom stereocenters. The van der Waals surface area contributed by atoms with Gasteiger partial charge >= 0.3 is 0 Å². The molecule has 8 nitrogen and oxygen atoms in total. The van der Waals surface area contributed by atoms with Crippen molar-refractivity contribution >= 4 is 22.8 Å². The predicted octanol–water partition coefficient (Wildman–Crippen LogP) is 3.34. The molecule has 0 radical (unpaired) electrons. The average Bonchev–Trinajstić information content (AvgIpc) is 2.53. The molecule has 0 aliphatic carbocycles. The summed E-state index contributed by atoms with van der Waals surface area (Å²) in [5.74, 6) is 0. The Labute approximate surface area is 125 Å². The molecule has 0 fully saturated rings. The largest absolute Gasteiger partial charge is 0.278 e. The lowest BCUT2D eigenvalue weighted by atomic mass is 10.1. The first kappa shape index (κ1) is 15.1. The smallest absolute Gasteiger partial charge is 0.270 e. The maximum atomic E-state index is 10.7. The second kappa shape index (κ2) is 6.44. The van der Waals surface area contributed by atoms with Crippen LogP contribution >= 0.6 is 0 Å². The Morgan fingerprint density at radius 3 is 2.23 bits per heavy atom. The van der Waals surface area contributed by atoms with Gasteiger partial charge in [0.25, 0.3) is 11.4 Å². The summed E-state index contributed by atoms with van der Waals surface area (Å²) in [6.45, 7) is 1.71. The molecular formula is C14H12N4O4. The molecule has 0 bridgehead atoms. The fraction of sp³-hybridized carbons (Fsp3) is 0.0714. The van der Waals surface area contributed by atoms with E-state index in [1.807, 2.05) is 0 Å².